The summed E-state index contributed by atoms with van der Waals surface area (Å²) in [5.74, 6) is 1.51. The van der Waals surface area contributed by atoms with Crippen LogP contribution in [-0.4, -0.2) is 19.7 Å². The van der Waals surface area contributed by atoms with Gasteiger partial charge in [-0.2, -0.15) is 0 Å². The van der Waals surface area contributed by atoms with Crippen molar-refractivity contribution in [2.24, 2.45) is 5.73 Å². The van der Waals surface area contributed by atoms with E-state index < -0.39 is 0 Å². The van der Waals surface area contributed by atoms with Gasteiger partial charge >= 0.3 is 0 Å². The van der Waals surface area contributed by atoms with E-state index in [-0.39, 0.29) is 0 Å². The molecule has 2 aliphatic rings. The molecule has 4 rings (SSSR count). The smallest absolute Gasteiger partial charge is 0.143 e. The van der Waals surface area contributed by atoms with Gasteiger partial charge in [0.05, 0.1) is 12.2 Å². The Kier molecular flexibility index (Phi) is 3.51. The third-order valence-corrected chi connectivity index (χ3v) is 4.89. The summed E-state index contributed by atoms with van der Waals surface area (Å²) in [5.41, 5.74) is 11.3. The van der Waals surface area contributed by atoms with Gasteiger partial charge in [0.15, 0.2) is 0 Å². The van der Waals surface area contributed by atoms with Crippen molar-refractivity contribution in [2.45, 2.75) is 25.2 Å². The van der Waals surface area contributed by atoms with Crippen molar-refractivity contribution in [3.05, 3.63) is 53.6 Å². The van der Waals surface area contributed by atoms with E-state index in [1.165, 1.54) is 41.8 Å². The van der Waals surface area contributed by atoms with Crippen LogP contribution in [0.5, 0.6) is 5.75 Å². The molecule has 0 spiro atoms. The van der Waals surface area contributed by atoms with Crippen LogP contribution >= 0.6 is 0 Å². The van der Waals surface area contributed by atoms with Gasteiger partial charge in [-0.3, -0.25) is 0 Å². The maximum absolute atomic E-state index is 5.94. The number of nitrogens with zero attached hydrogens (tertiary/aromatic N) is 1. The molecule has 1 aliphatic heterocycles. The van der Waals surface area contributed by atoms with Crippen molar-refractivity contribution < 1.29 is 4.74 Å². The van der Waals surface area contributed by atoms with E-state index in [0.29, 0.717) is 5.92 Å². The summed E-state index contributed by atoms with van der Waals surface area (Å²) in [6, 6.07) is 15.2. The van der Waals surface area contributed by atoms with Crippen LogP contribution in [0.4, 0.5) is 11.4 Å². The van der Waals surface area contributed by atoms with Gasteiger partial charge in [-0.05, 0) is 67.1 Å². The Morgan fingerprint density at radius 1 is 1.18 bits per heavy atom. The Labute approximate surface area is 131 Å². The molecule has 0 bridgehead atoms. The molecule has 1 aliphatic carbocycles. The lowest BCUT2D eigenvalue weighted by Gasteiger charge is -2.33. The van der Waals surface area contributed by atoms with E-state index in [0.717, 1.165) is 25.4 Å². The minimum Gasteiger partial charge on any atom is -0.490 e. The quantitative estimate of drug-likeness (QED) is 0.920. The van der Waals surface area contributed by atoms with E-state index in [4.69, 9.17) is 10.5 Å². The van der Waals surface area contributed by atoms with Gasteiger partial charge in [-0.25, -0.2) is 0 Å². The molecule has 3 heteroatoms. The number of benzene rings is 2. The molecule has 0 saturated heterocycles. The van der Waals surface area contributed by atoms with Gasteiger partial charge in [0.1, 0.15) is 12.4 Å². The minimum absolute atomic E-state index is 0.537. The molecule has 0 fully saturated rings. The highest BCUT2D eigenvalue weighted by atomic mass is 16.5. The summed E-state index contributed by atoms with van der Waals surface area (Å²) >= 11 is 0. The molecular formula is C19H22N2O. The number of hydrogen-bond donors (Lipinski definition) is 1. The zero-order valence-corrected chi connectivity index (χ0v) is 12.8. The lowest BCUT2D eigenvalue weighted by Crippen LogP contribution is -2.28. The topological polar surface area (TPSA) is 38.5 Å². The Hall–Kier alpha value is -2.00. The van der Waals surface area contributed by atoms with E-state index in [1.807, 2.05) is 12.1 Å². The van der Waals surface area contributed by atoms with Crippen LogP contribution in [0.2, 0.25) is 0 Å². The molecule has 2 aromatic rings. The number of nitrogens with two attached hydrogens (primary N) is 1. The van der Waals surface area contributed by atoms with Gasteiger partial charge in [-0.15, -0.1) is 0 Å². The molecule has 3 nitrogen and oxygen atoms in total. The van der Waals surface area contributed by atoms with Crippen molar-refractivity contribution in [3.8, 4) is 5.75 Å². The lowest BCUT2D eigenvalue weighted by molar-refractivity contribution is 0.314. The second-order valence-corrected chi connectivity index (χ2v) is 6.18. The highest BCUT2D eigenvalue weighted by Gasteiger charge is 2.23. The van der Waals surface area contributed by atoms with Crippen LogP contribution in [0.3, 0.4) is 0 Å². The normalized spacial score (nSPS) is 20.0. The average molecular weight is 294 g/mol. The number of fused-ring (bicyclic) bond motifs is 2. The third-order valence-electron chi connectivity index (χ3n) is 4.89. The molecule has 114 valence electrons. The Morgan fingerprint density at radius 2 is 2.09 bits per heavy atom. The number of ether oxygens (including phenoxy) is 1. The van der Waals surface area contributed by atoms with Crippen LogP contribution in [0.15, 0.2) is 42.5 Å². The summed E-state index contributed by atoms with van der Waals surface area (Å²) in [6.07, 6.45) is 3.65. The molecule has 0 aromatic heterocycles. The summed E-state index contributed by atoms with van der Waals surface area (Å²) in [7, 11) is 0. The molecular weight excluding hydrogens is 272 g/mol. The minimum atomic E-state index is 0.537. The number of aryl methyl sites for hydroxylation is 1. The first-order chi connectivity index (χ1) is 10.9. The maximum atomic E-state index is 5.94. The monoisotopic (exact) mass is 294 g/mol. The predicted octanol–water partition coefficient (Wildman–Crippen LogP) is 3.60. The van der Waals surface area contributed by atoms with Gasteiger partial charge in [-0.1, -0.05) is 18.2 Å². The van der Waals surface area contributed by atoms with Crippen LogP contribution in [0, 0.1) is 0 Å². The van der Waals surface area contributed by atoms with Crippen LogP contribution in [0.25, 0.3) is 0 Å². The number of anilines is 2. The van der Waals surface area contributed by atoms with E-state index >= 15 is 0 Å². The zero-order chi connectivity index (χ0) is 14.9. The first-order valence-electron chi connectivity index (χ1n) is 8.19. The highest BCUT2D eigenvalue weighted by molar-refractivity contribution is 5.71. The molecule has 0 radical (unpaired) electrons. The van der Waals surface area contributed by atoms with Crippen molar-refractivity contribution in [1.82, 2.24) is 0 Å². The first kappa shape index (κ1) is 13.6. The van der Waals surface area contributed by atoms with Gasteiger partial charge < -0.3 is 15.4 Å². The number of rotatable bonds is 2. The van der Waals surface area contributed by atoms with Gasteiger partial charge in [0.2, 0.25) is 0 Å². The third kappa shape index (κ3) is 2.26. The van der Waals surface area contributed by atoms with E-state index in [2.05, 4.69) is 35.2 Å². The fraction of sp³-hybridized carbons (Fsp3) is 0.368. The Morgan fingerprint density at radius 3 is 3.00 bits per heavy atom. The summed E-state index contributed by atoms with van der Waals surface area (Å²) < 4.78 is 5.76. The van der Waals surface area contributed by atoms with Crippen molar-refractivity contribution >= 4 is 11.4 Å². The first-order valence-corrected chi connectivity index (χ1v) is 8.19. The molecule has 0 saturated carbocycles. The van der Waals surface area contributed by atoms with Gasteiger partial charge in [0.25, 0.3) is 0 Å². The zero-order valence-electron chi connectivity index (χ0n) is 12.8. The Bertz CT molecular complexity index is 683. The SMILES string of the molecule is NC[C@@H]1CCCc2cc(N3CCOc4ccccc43)ccc21. The lowest BCUT2D eigenvalue weighted by atomic mass is 9.82. The summed E-state index contributed by atoms with van der Waals surface area (Å²) in [4.78, 5) is 2.37. The molecule has 1 atom stereocenters. The molecule has 0 unspecified atom stereocenters. The number of hydrogen-bond acceptors (Lipinski definition) is 3. The highest BCUT2D eigenvalue weighted by Crippen LogP contribution is 2.39. The average Bonchev–Trinajstić information content (AvgIpc) is 2.60. The van der Waals surface area contributed by atoms with E-state index in [1.54, 1.807) is 0 Å². The molecule has 0 amide bonds. The fourth-order valence-corrected chi connectivity index (χ4v) is 3.75. The Balaban J connectivity index is 1.73. The van der Waals surface area contributed by atoms with Crippen molar-refractivity contribution in [3.63, 3.8) is 0 Å². The van der Waals surface area contributed by atoms with Crippen LogP contribution in [-0.2, 0) is 6.42 Å². The second kappa shape index (κ2) is 5.65. The van der Waals surface area contributed by atoms with Crippen molar-refractivity contribution in [1.29, 1.82) is 0 Å². The second-order valence-electron chi connectivity index (χ2n) is 6.18. The molecule has 22 heavy (non-hydrogen) atoms. The molecule has 2 N–H and O–H groups in total. The predicted molar refractivity (Wildman–Crippen MR) is 90.1 cm³/mol. The summed E-state index contributed by atoms with van der Waals surface area (Å²) in [5, 5.41) is 0. The van der Waals surface area contributed by atoms with Crippen molar-refractivity contribution in [2.75, 3.05) is 24.6 Å². The largest absolute Gasteiger partial charge is 0.490 e. The molecule has 1 heterocycles. The molecule has 2 aromatic carbocycles. The van der Waals surface area contributed by atoms with E-state index in [9.17, 15) is 0 Å². The standard InChI is InChI=1S/C19H22N2O/c20-13-15-5-3-4-14-12-16(8-9-17(14)15)21-10-11-22-19-7-2-1-6-18(19)21/h1-2,6-9,12,15H,3-5,10-11,13,20H2/t15-/m0/s1. The van der Waals surface area contributed by atoms with Crippen LogP contribution < -0.4 is 15.4 Å². The van der Waals surface area contributed by atoms with Crippen LogP contribution in [0.1, 0.15) is 29.9 Å². The maximum Gasteiger partial charge on any atom is 0.143 e. The fourth-order valence-electron chi connectivity index (χ4n) is 3.75. The number of para-hydroxylation sites is 2. The van der Waals surface area contributed by atoms with Gasteiger partial charge in [0, 0.05) is 5.69 Å². The summed E-state index contributed by atoms with van der Waals surface area (Å²) in [6.45, 7) is 2.39.